The first-order valence-electron chi connectivity index (χ1n) is 11.7. The van der Waals surface area contributed by atoms with Crippen molar-refractivity contribution < 1.29 is 9.53 Å². The van der Waals surface area contributed by atoms with E-state index in [4.69, 9.17) is 9.72 Å². The topological polar surface area (TPSA) is 113 Å². The summed E-state index contributed by atoms with van der Waals surface area (Å²) < 4.78 is 5.63. The monoisotopic (exact) mass is 481 g/mol. The minimum Gasteiger partial charge on any atom is -0.494 e. The number of hydrogen-bond donors (Lipinski definition) is 4. The quantitative estimate of drug-likeness (QED) is 0.275. The van der Waals surface area contributed by atoms with E-state index in [-0.39, 0.29) is 5.91 Å². The summed E-state index contributed by atoms with van der Waals surface area (Å²) in [7, 11) is 1.64. The molecule has 2 aromatic heterocycles. The molecule has 0 bridgehead atoms. The van der Waals surface area contributed by atoms with Crippen molar-refractivity contribution in [3.8, 4) is 17.0 Å². The van der Waals surface area contributed by atoms with Crippen LogP contribution < -0.4 is 26.0 Å². The Labute approximate surface area is 209 Å². The molecule has 5 rings (SSSR count). The fraction of sp³-hybridized carbons (Fsp3) is 0.185. The molecule has 0 aliphatic carbocycles. The number of methoxy groups -OCH3 is 1. The number of ether oxygens (including phenoxy) is 1. The standard InChI is InChI=1S/C27H27N7O2/c1-3-25(35)32-19-10-12-29-23(13-19)21-6-4-5-17-15-30-27(34-26(17)21)33-22-8-7-18(14-24(22)36-2)31-20-9-11-28-16-20/h3-8,10,12-15,20,28,31H,1,9,11,16H2,2H3,(H,29,32,35)(H,30,33,34)/t20-/m1/s1. The Balaban J connectivity index is 1.44. The van der Waals surface area contributed by atoms with Crippen molar-refractivity contribution in [1.82, 2.24) is 20.3 Å². The van der Waals surface area contributed by atoms with Crippen molar-refractivity contribution in [2.75, 3.05) is 36.1 Å². The van der Waals surface area contributed by atoms with Gasteiger partial charge in [0.05, 0.1) is 24.0 Å². The van der Waals surface area contributed by atoms with Crippen LogP contribution in [0.2, 0.25) is 0 Å². The Kier molecular flexibility index (Phi) is 6.72. The number of hydrogen-bond acceptors (Lipinski definition) is 8. The predicted octanol–water partition coefficient (Wildman–Crippen LogP) is 4.34. The second kappa shape index (κ2) is 10.4. The molecule has 0 radical (unpaired) electrons. The molecule has 0 spiro atoms. The first kappa shape index (κ1) is 23.3. The summed E-state index contributed by atoms with van der Waals surface area (Å²) >= 11 is 0. The lowest BCUT2D eigenvalue weighted by molar-refractivity contribution is -0.111. The minimum absolute atomic E-state index is 0.283. The fourth-order valence-electron chi connectivity index (χ4n) is 4.19. The van der Waals surface area contributed by atoms with Gasteiger partial charge in [-0.05, 0) is 43.3 Å². The summed E-state index contributed by atoms with van der Waals surface area (Å²) in [5, 5.41) is 13.8. The number of para-hydroxylation sites is 1. The van der Waals surface area contributed by atoms with E-state index in [0.29, 0.717) is 29.1 Å². The average molecular weight is 482 g/mol. The van der Waals surface area contributed by atoms with Gasteiger partial charge in [0.15, 0.2) is 0 Å². The summed E-state index contributed by atoms with van der Waals surface area (Å²) in [4.78, 5) is 25.5. The Morgan fingerprint density at radius 3 is 2.89 bits per heavy atom. The lowest BCUT2D eigenvalue weighted by Gasteiger charge is -2.16. The van der Waals surface area contributed by atoms with Gasteiger partial charge in [-0.15, -0.1) is 0 Å². The summed E-state index contributed by atoms with van der Waals surface area (Å²) in [5.41, 5.74) is 4.63. The maximum atomic E-state index is 11.7. The molecule has 4 aromatic rings. The van der Waals surface area contributed by atoms with E-state index >= 15 is 0 Å². The zero-order valence-electron chi connectivity index (χ0n) is 19.9. The van der Waals surface area contributed by atoms with Gasteiger partial charge >= 0.3 is 0 Å². The number of anilines is 4. The van der Waals surface area contributed by atoms with Crippen molar-refractivity contribution in [2.24, 2.45) is 0 Å². The molecule has 2 aromatic carbocycles. The van der Waals surface area contributed by atoms with Crippen molar-refractivity contribution in [2.45, 2.75) is 12.5 Å². The van der Waals surface area contributed by atoms with Crippen molar-refractivity contribution in [3.63, 3.8) is 0 Å². The summed E-state index contributed by atoms with van der Waals surface area (Å²) in [6.45, 7) is 5.47. The van der Waals surface area contributed by atoms with Crippen LogP contribution in [0.4, 0.5) is 23.0 Å². The second-order valence-corrected chi connectivity index (χ2v) is 8.43. The third-order valence-corrected chi connectivity index (χ3v) is 5.98. The zero-order chi connectivity index (χ0) is 24.9. The van der Waals surface area contributed by atoms with Crippen molar-refractivity contribution >= 4 is 39.8 Å². The number of rotatable bonds is 8. The maximum Gasteiger partial charge on any atom is 0.247 e. The lowest BCUT2D eigenvalue weighted by atomic mass is 10.1. The molecule has 1 saturated heterocycles. The number of aromatic nitrogens is 3. The number of amides is 1. The van der Waals surface area contributed by atoms with Gasteiger partial charge < -0.3 is 26.0 Å². The highest BCUT2D eigenvalue weighted by atomic mass is 16.5. The SMILES string of the molecule is C=CC(=O)Nc1ccnc(-c2cccc3cnc(Nc4ccc(N[C@@H]5CCNC5)cc4OC)nc23)c1. The highest BCUT2D eigenvalue weighted by Crippen LogP contribution is 2.32. The molecule has 1 aliphatic rings. The van der Waals surface area contributed by atoms with Crippen molar-refractivity contribution in [1.29, 1.82) is 0 Å². The molecule has 3 heterocycles. The molecule has 1 amide bonds. The molecule has 4 N–H and O–H groups in total. The number of nitrogens with zero attached hydrogens (tertiary/aromatic N) is 3. The van der Waals surface area contributed by atoms with E-state index in [1.807, 2.05) is 36.4 Å². The summed E-state index contributed by atoms with van der Waals surface area (Å²) in [6.07, 6.45) is 5.74. The molecule has 0 unspecified atom stereocenters. The van der Waals surface area contributed by atoms with Crippen LogP contribution in [-0.2, 0) is 4.79 Å². The van der Waals surface area contributed by atoms with E-state index in [1.54, 1.807) is 31.6 Å². The van der Waals surface area contributed by atoms with Crippen LogP contribution in [-0.4, -0.2) is 47.1 Å². The highest BCUT2D eigenvalue weighted by Gasteiger charge is 2.15. The molecule has 1 atom stereocenters. The minimum atomic E-state index is -0.283. The first-order chi connectivity index (χ1) is 17.6. The van der Waals surface area contributed by atoms with Gasteiger partial charge in [0.1, 0.15) is 5.75 Å². The fourth-order valence-corrected chi connectivity index (χ4v) is 4.19. The normalized spacial score (nSPS) is 14.9. The molecule has 36 heavy (non-hydrogen) atoms. The van der Waals surface area contributed by atoms with E-state index in [9.17, 15) is 4.79 Å². The maximum absolute atomic E-state index is 11.7. The third-order valence-electron chi connectivity index (χ3n) is 5.98. The van der Waals surface area contributed by atoms with Crippen LogP contribution in [0.5, 0.6) is 5.75 Å². The highest BCUT2D eigenvalue weighted by molar-refractivity contribution is 5.99. The molecule has 1 fully saturated rings. The second-order valence-electron chi connectivity index (χ2n) is 8.43. The third kappa shape index (κ3) is 5.11. The Bertz CT molecular complexity index is 1420. The molecule has 1 aliphatic heterocycles. The van der Waals surface area contributed by atoms with Gasteiger partial charge in [-0.25, -0.2) is 9.97 Å². The van der Waals surface area contributed by atoms with Crippen LogP contribution in [0, 0.1) is 0 Å². The van der Waals surface area contributed by atoms with Gasteiger partial charge in [-0.3, -0.25) is 9.78 Å². The predicted molar refractivity (Wildman–Crippen MR) is 143 cm³/mol. The van der Waals surface area contributed by atoms with Gasteiger partial charge in [-0.2, -0.15) is 0 Å². The van der Waals surface area contributed by atoms with Gasteiger partial charge in [0.25, 0.3) is 0 Å². The van der Waals surface area contributed by atoms with E-state index in [0.717, 1.165) is 47.4 Å². The first-order valence-corrected chi connectivity index (χ1v) is 11.7. The van der Waals surface area contributed by atoms with Gasteiger partial charge in [0, 0.05) is 53.4 Å². The van der Waals surface area contributed by atoms with Crippen LogP contribution in [0.1, 0.15) is 6.42 Å². The van der Waals surface area contributed by atoms with E-state index in [1.165, 1.54) is 6.08 Å². The Hall–Kier alpha value is -4.50. The van der Waals surface area contributed by atoms with Crippen molar-refractivity contribution in [3.05, 3.63) is 73.6 Å². The van der Waals surface area contributed by atoms with Crippen LogP contribution in [0.15, 0.2) is 73.6 Å². The number of carbonyl (C=O) groups excluding carboxylic acids is 1. The summed E-state index contributed by atoms with van der Waals surface area (Å²) in [5.74, 6) is 0.842. The zero-order valence-corrected chi connectivity index (χ0v) is 19.9. The number of pyridine rings is 1. The Morgan fingerprint density at radius 2 is 2.08 bits per heavy atom. The lowest BCUT2D eigenvalue weighted by Crippen LogP contribution is -2.22. The van der Waals surface area contributed by atoms with Crippen LogP contribution in [0.3, 0.4) is 0 Å². The molecule has 9 heteroatoms. The van der Waals surface area contributed by atoms with Crippen LogP contribution in [0.25, 0.3) is 22.2 Å². The van der Waals surface area contributed by atoms with Crippen LogP contribution >= 0.6 is 0 Å². The number of benzene rings is 2. The van der Waals surface area contributed by atoms with E-state index < -0.39 is 0 Å². The molecular formula is C27H27N7O2. The number of fused-ring (bicyclic) bond motifs is 1. The molecule has 182 valence electrons. The average Bonchev–Trinajstić information content (AvgIpc) is 3.42. The van der Waals surface area contributed by atoms with Gasteiger partial charge in [-0.1, -0.05) is 24.8 Å². The largest absolute Gasteiger partial charge is 0.494 e. The number of carbonyl (C=O) groups is 1. The molecule has 0 saturated carbocycles. The van der Waals surface area contributed by atoms with Gasteiger partial charge in [0.2, 0.25) is 11.9 Å². The molecule has 9 nitrogen and oxygen atoms in total. The molecular weight excluding hydrogens is 454 g/mol. The smallest absolute Gasteiger partial charge is 0.247 e. The Morgan fingerprint density at radius 1 is 1.17 bits per heavy atom. The summed E-state index contributed by atoms with van der Waals surface area (Å²) in [6, 6.07) is 15.7. The number of nitrogens with one attached hydrogen (secondary N) is 4. The van der Waals surface area contributed by atoms with E-state index in [2.05, 4.69) is 37.8 Å².